The summed E-state index contributed by atoms with van der Waals surface area (Å²) < 4.78 is 0. The molecule has 0 radical (unpaired) electrons. The van der Waals surface area contributed by atoms with Crippen molar-refractivity contribution in [3.05, 3.63) is 91.7 Å². The topological polar surface area (TPSA) is 69.6 Å². The zero-order valence-electron chi connectivity index (χ0n) is 20.6. The van der Waals surface area contributed by atoms with Crippen molar-refractivity contribution in [2.45, 2.75) is 19.8 Å². The van der Waals surface area contributed by atoms with Gasteiger partial charge in [-0.05, 0) is 18.6 Å². The maximum absolute atomic E-state index is 13.9. The monoisotopic (exact) mass is 481 g/mol. The third-order valence-corrected chi connectivity index (χ3v) is 6.02. The maximum Gasteiger partial charge on any atom is 0.263 e. The van der Waals surface area contributed by atoms with Gasteiger partial charge >= 0.3 is 0 Å². The molecule has 0 saturated heterocycles. The van der Waals surface area contributed by atoms with Crippen molar-refractivity contribution in [2.24, 2.45) is 0 Å². The molecule has 4 rings (SSSR count). The smallest absolute Gasteiger partial charge is 0.263 e. The van der Waals surface area contributed by atoms with Gasteiger partial charge in [0.05, 0.1) is 17.9 Å². The molecule has 1 aromatic heterocycles. The molecule has 2 heterocycles. The van der Waals surface area contributed by atoms with Crippen molar-refractivity contribution < 1.29 is 9.59 Å². The van der Waals surface area contributed by atoms with Crippen molar-refractivity contribution >= 4 is 29.0 Å². The van der Waals surface area contributed by atoms with Crippen LogP contribution >= 0.6 is 0 Å². The average Bonchev–Trinajstić information content (AvgIpc) is 3.00. The molecular formula is C29H31N5O2. The summed E-state index contributed by atoms with van der Waals surface area (Å²) in [7, 11) is 0. The van der Waals surface area contributed by atoms with Crippen LogP contribution in [0, 0.1) is 0 Å². The fourth-order valence-electron chi connectivity index (χ4n) is 4.29. The first-order valence-electron chi connectivity index (χ1n) is 12.2. The molecule has 2 aromatic carbocycles. The van der Waals surface area contributed by atoms with Crippen LogP contribution in [-0.4, -0.2) is 52.9 Å². The second-order valence-corrected chi connectivity index (χ2v) is 8.60. The summed E-state index contributed by atoms with van der Waals surface area (Å²) in [5, 5.41) is 0. The Balaban J connectivity index is 1.90. The number of amides is 2. The molecule has 0 bridgehead atoms. The highest BCUT2D eigenvalue weighted by Crippen LogP contribution is 2.40. The quantitative estimate of drug-likeness (QED) is 0.370. The molecule has 7 nitrogen and oxygen atoms in total. The summed E-state index contributed by atoms with van der Waals surface area (Å²) in [5.74, 6) is 0.334. The lowest BCUT2D eigenvalue weighted by Crippen LogP contribution is -2.39. The number of para-hydroxylation sites is 2. The lowest BCUT2D eigenvalue weighted by molar-refractivity contribution is -0.118. The van der Waals surface area contributed by atoms with Crippen molar-refractivity contribution in [3.8, 4) is 11.4 Å². The van der Waals surface area contributed by atoms with Crippen LogP contribution in [0.2, 0.25) is 0 Å². The normalized spacial score (nSPS) is 12.7. The average molecular weight is 482 g/mol. The molecule has 0 aliphatic carbocycles. The van der Waals surface area contributed by atoms with Crippen LogP contribution in [0.15, 0.2) is 86.1 Å². The molecule has 0 N–H and O–H groups in total. The molecule has 0 atom stereocenters. The zero-order valence-corrected chi connectivity index (χ0v) is 20.6. The van der Waals surface area contributed by atoms with Gasteiger partial charge in [-0.25, -0.2) is 9.97 Å². The van der Waals surface area contributed by atoms with E-state index in [0.29, 0.717) is 48.2 Å². The van der Waals surface area contributed by atoms with E-state index in [1.165, 1.54) is 0 Å². The Hall–Kier alpha value is -4.10. The fraction of sp³-hybridized carbons (Fsp3) is 0.241. The maximum atomic E-state index is 13.9. The van der Waals surface area contributed by atoms with Gasteiger partial charge in [-0.3, -0.25) is 19.4 Å². The molecule has 0 saturated carbocycles. The van der Waals surface area contributed by atoms with E-state index in [-0.39, 0.29) is 18.4 Å². The first kappa shape index (κ1) is 25.0. The molecule has 2 amide bonds. The predicted molar refractivity (Wildman–Crippen MR) is 144 cm³/mol. The van der Waals surface area contributed by atoms with Gasteiger partial charge in [0, 0.05) is 31.4 Å². The molecular weight excluding hydrogens is 450 g/mol. The number of nitrogens with zero attached hydrogens (tertiary/aromatic N) is 5. The summed E-state index contributed by atoms with van der Waals surface area (Å²) in [6, 6.07) is 17.0. The molecule has 0 unspecified atom stereocenters. The van der Waals surface area contributed by atoms with E-state index in [0.717, 1.165) is 18.4 Å². The number of hydrogen-bond acceptors (Lipinski definition) is 5. The first-order chi connectivity index (χ1) is 17.6. The highest BCUT2D eigenvalue weighted by molar-refractivity contribution is 6.18. The van der Waals surface area contributed by atoms with E-state index in [4.69, 9.17) is 4.98 Å². The van der Waals surface area contributed by atoms with Gasteiger partial charge in [-0.1, -0.05) is 68.0 Å². The molecule has 0 fully saturated rings. The van der Waals surface area contributed by atoms with Crippen LogP contribution < -0.4 is 9.80 Å². The Morgan fingerprint density at radius 3 is 2.33 bits per heavy atom. The minimum absolute atomic E-state index is 0.111. The van der Waals surface area contributed by atoms with E-state index < -0.39 is 0 Å². The Morgan fingerprint density at radius 1 is 1.00 bits per heavy atom. The summed E-state index contributed by atoms with van der Waals surface area (Å²) >= 11 is 0. The number of hydrogen-bond donors (Lipinski definition) is 0. The SMILES string of the molecule is C=CCN(CC=C)CC(=O)N1c2ccccc2N(CCCC)C(=O)c2cnc(-c3ccccc3)nc21. The Kier molecular flexibility index (Phi) is 8.02. The number of unbranched alkanes of at least 4 members (excludes halogenated alkanes) is 1. The standard InChI is InChI=1S/C29H31N5O2/c1-4-7-19-33-24-15-11-12-16-25(24)34(26(35)21-32(17-5-2)18-6-3)28-23(29(33)36)20-30-27(31-28)22-13-9-8-10-14-22/h5-6,8-16,20H,2-4,7,17-19,21H2,1H3. The Morgan fingerprint density at radius 2 is 1.67 bits per heavy atom. The molecule has 3 aromatic rings. The fourth-order valence-corrected chi connectivity index (χ4v) is 4.29. The lowest BCUT2D eigenvalue weighted by atomic mass is 10.2. The first-order valence-corrected chi connectivity index (χ1v) is 12.2. The van der Waals surface area contributed by atoms with Gasteiger partial charge in [0.25, 0.3) is 5.91 Å². The van der Waals surface area contributed by atoms with Crippen LogP contribution in [0.25, 0.3) is 11.4 Å². The van der Waals surface area contributed by atoms with Gasteiger partial charge < -0.3 is 4.90 Å². The van der Waals surface area contributed by atoms with Crippen molar-refractivity contribution in [3.63, 3.8) is 0 Å². The van der Waals surface area contributed by atoms with Gasteiger partial charge in [-0.15, -0.1) is 13.2 Å². The summed E-state index contributed by atoms with van der Waals surface area (Å²) in [5.41, 5.74) is 2.41. The third kappa shape index (κ3) is 5.11. The molecule has 1 aliphatic heterocycles. The summed E-state index contributed by atoms with van der Waals surface area (Å²) in [4.78, 5) is 42.3. The van der Waals surface area contributed by atoms with Crippen LogP contribution in [0.1, 0.15) is 30.1 Å². The van der Waals surface area contributed by atoms with E-state index in [2.05, 4.69) is 25.1 Å². The largest absolute Gasteiger partial charge is 0.306 e. The Bertz CT molecular complexity index is 1250. The van der Waals surface area contributed by atoms with Gasteiger partial charge in [0.2, 0.25) is 5.91 Å². The van der Waals surface area contributed by atoms with Crippen molar-refractivity contribution in [1.29, 1.82) is 0 Å². The number of aromatic nitrogens is 2. The summed E-state index contributed by atoms with van der Waals surface area (Å²) in [6.07, 6.45) is 6.82. The highest BCUT2D eigenvalue weighted by Gasteiger charge is 2.35. The molecule has 184 valence electrons. The number of carbonyl (C=O) groups is 2. The third-order valence-electron chi connectivity index (χ3n) is 6.02. The minimum Gasteiger partial charge on any atom is -0.306 e. The van der Waals surface area contributed by atoms with Crippen molar-refractivity contribution in [1.82, 2.24) is 14.9 Å². The van der Waals surface area contributed by atoms with Crippen LogP contribution in [0.4, 0.5) is 17.2 Å². The molecule has 7 heteroatoms. The Labute approximate surface area is 212 Å². The van der Waals surface area contributed by atoms with E-state index in [9.17, 15) is 9.59 Å². The number of rotatable bonds is 10. The van der Waals surface area contributed by atoms with Gasteiger partial charge in [0.15, 0.2) is 11.6 Å². The number of fused-ring (bicyclic) bond motifs is 2. The number of benzene rings is 2. The second kappa shape index (κ2) is 11.6. The second-order valence-electron chi connectivity index (χ2n) is 8.60. The summed E-state index contributed by atoms with van der Waals surface area (Å²) in [6.45, 7) is 11.4. The van der Waals surface area contributed by atoms with E-state index in [1.807, 2.05) is 59.5 Å². The molecule has 36 heavy (non-hydrogen) atoms. The van der Waals surface area contributed by atoms with E-state index >= 15 is 0 Å². The lowest BCUT2D eigenvalue weighted by Gasteiger charge is -2.27. The molecule has 1 aliphatic rings. The van der Waals surface area contributed by atoms with Gasteiger partial charge in [0.1, 0.15) is 5.56 Å². The van der Waals surface area contributed by atoms with Gasteiger partial charge in [-0.2, -0.15) is 0 Å². The van der Waals surface area contributed by atoms with Crippen LogP contribution in [0.3, 0.4) is 0 Å². The number of carbonyl (C=O) groups excluding carboxylic acids is 2. The van der Waals surface area contributed by atoms with Crippen molar-refractivity contribution in [2.75, 3.05) is 36.0 Å². The number of anilines is 3. The van der Waals surface area contributed by atoms with Crippen LogP contribution in [0.5, 0.6) is 0 Å². The highest BCUT2D eigenvalue weighted by atomic mass is 16.2. The predicted octanol–water partition coefficient (Wildman–Crippen LogP) is 5.24. The zero-order chi connectivity index (χ0) is 25.5. The van der Waals surface area contributed by atoms with Crippen LogP contribution in [-0.2, 0) is 4.79 Å². The molecule has 0 spiro atoms. The van der Waals surface area contributed by atoms with E-state index in [1.54, 1.807) is 28.1 Å². The minimum atomic E-state index is -0.213.